The molecular formula is C14H8BrFN2O. The summed E-state index contributed by atoms with van der Waals surface area (Å²) in [5.41, 5.74) is 0.806. The highest BCUT2D eigenvalue weighted by Gasteiger charge is 2.12. The highest BCUT2D eigenvalue weighted by atomic mass is 79.9. The zero-order chi connectivity index (χ0) is 13.8. The average Bonchev–Trinajstić information content (AvgIpc) is 2.41. The number of benzene rings is 2. The number of hydrogen-bond acceptors (Lipinski definition) is 2. The van der Waals surface area contributed by atoms with Gasteiger partial charge in [0.15, 0.2) is 0 Å². The van der Waals surface area contributed by atoms with Crippen molar-refractivity contribution < 1.29 is 9.18 Å². The molecule has 2 aromatic carbocycles. The Morgan fingerprint density at radius 3 is 2.68 bits per heavy atom. The molecule has 0 aliphatic rings. The summed E-state index contributed by atoms with van der Waals surface area (Å²) in [6.07, 6.45) is 0. The van der Waals surface area contributed by atoms with Crippen molar-refractivity contribution in [3.63, 3.8) is 0 Å². The number of nitriles is 1. The van der Waals surface area contributed by atoms with E-state index in [4.69, 9.17) is 5.26 Å². The molecule has 94 valence electrons. The summed E-state index contributed by atoms with van der Waals surface area (Å²) in [6, 6.07) is 12.4. The van der Waals surface area contributed by atoms with Crippen LogP contribution in [-0.2, 0) is 0 Å². The van der Waals surface area contributed by atoms with Crippen molar-refractivity contribution in [1.82, 2.24) is 0 Å². The second-order valence-electron chi connectivity index (χ2n) is 3.74. The maximum absolute atomic E-state index is 13.0. The van der Waals surface area contributed by atoms with Crippen molar-refractivity contribution in [1.29, 1.82) is 5.26 Å². The molecule has 0 fully saturated rings. The molecule has 0 aromatic heterocycles. The van der Waals surface area contributed by atoms with Gasteiger partial charge in [-0.05, 0) is 46.3 Å². The Morgan fingerprint density at radius 2 is 2.00 bits per heavy atom. The Labute approximate surface area is 117 Å². The van der Waals surface area contributed by atoms with Gasteiger partial charge in [0.1, 0.15) is 11.9 Å². The first-order valence-electron chi connectivity index (χ1n) is 5.37. The molecule has 1 N–H and O–H groups in total. The number of rotatable bonds is 2. The lowest BCUT2D eigenvalue weighted by Gasteiger charge is -2.08. The minimum atomic E-state index is -0.518. The smallest absolute Gasteiger partial charge is 0.256 e. The molecule has 0 heterocycles. The van der Waals surface area contributed by atoms with Gasteiger partial charge in [0, 0.05) is 4.47 Å². The van der Waals surface area contributed by atoms with Crippen LogP contribution in [0.3, 0.4) is 0 Å². The van der Waals surface area contributed by atoms with Crippen molar-refractivity contribution in [3.8, 4) is 6.07 Å². The highest BCUT2D eigenvalue weighted by Crippen LogP contribution is 2.20. The highest BCUT2D eigenvalue weighted by molar-refractivity contribution is 9.10. The minimum Gasteiger partial charge on any atom is -0.321 e. The molecule has 0 atom stereocenters. The number of carbonyl (C=O) groups excluding carboxylic acids is 1. The predicted octanol–water partition coefficient (Wildman–Crippen LogP) is 3.71. The van der Waals surface area contributed by atoms with Gasteiger partial charge < -0.3 is 5.32 Å². The lowest BCUT2D eigenvalue weighted by Crippen LogP contribution is -2.13. The number of anilines is 1. The molecule has 5 heteroatoms. The Morgan fingerprint density at radius 1 is 1.26 bits per heavy atom. The first kappa shape index (κ1) is 13.2. The fourth-order valence-electron chi connectivity index (χ4n) is 1.55. The molecule has 2 rings (SSSR count). The normalized spacial score (nSPS) is 9.74. The van der Waals surface area contributed by atoms with Crippen LogP contribution in [-0.4, -0.2) is 5.91 Å². The second-order valence-corrected chi connectivity index (χ2v) is 4.59. The third kappa shape index (κ3) is 2.98. The largest absolute Gasteiger partial charge is 0.321 e. The van der Waals surface area contributed by atoms with Crippen LogP contribution in [0.15, 0.2) is 46.9 Å². The molecule has 0 spiro atoms. The molecule has 0 aliphatic carbocycles. The Kier molecular flexibility index (Phi) is 3.93. The molecule has 0 radical (unpaired) electrons. The third-order valence-electron chi connectivity index (χ3n) is 2.47. The van der Waals surface area contributed by atoms with E-state index in [-0.39, 0.29) is 17.2 Å². The van der Waals surface area contributed by atoms with E-state index in [1.165, 1.54) is 12.1 Å². The summed E-state index contributed by atoms with van der Waals surface area (Å²) < 4.78 is 13.6. The third-order valence-corrected chi connectivity index (χ3v) is 3.16. The van der Waals surface area contributed by atoms with Crippen LogP contribution in [0.2, 0.25) is 0 Å². The first-order valence-corrected chi connectivity index (χ1v) is 6.16. The summed E-state index contributed by atoms with van der Waals surface area (Å²) in [5, 5.41) is 11.5. The van der Waals surface area contributed by atoms with Gasteiger partial charge in [0.25, 0.3) is 5.91 Å². The number of amides is 1. The number of nitrogens with one attached hydrogen (secondary N) is 1. The van der Waals surface area contributed by atoms with Crippen LogP contribution in [0, 0.1) is 17.1 Å². The standard InChI is InChI=1S/C14H8BrFN2O/c15-12-4-2-1-3-11(12)14(19)18-13-6-5-10(16)7-9(13)8-17/h1-7H,(H,18,19). The zero-order valence-electron chi connectivity index (χ0n) is 9.65. The average molecular weight is 319 g/mol. The van der Waals surface area contributed by atoms with E-state index in [0.717, 1.165) is 6.07 Å². The molecule has 0 saturated heterocycles. The first-order chi connectivity index (χ1) is 9.11. The van der Waals surface area contributed by atoms with E-state index in [9.17, 15) is 9.18 Å². The molecule has 0 bridgehead atoms. The van der Waals surface area contributed by atoms with Gasteiger partial charge in [-0.2, -0.15) is 5.26 Å². The SMILES string of the molecule is N#Cc1cc(F)ccc1NC(=O)c1ccccc1Br. The summed E-state index contributed by atoms with van der Waals surface area (Å²) in [5.74, 6) is -0.883. The quantitative estimate of drug-likeness (QED) is 0.917. The van der Waals surface area contributed by atoms with E-state index in [0.29, 0.717) is 10.0 Å². The van der Waals surface area contributed by atoms with Crippen LogP contribution in [0.4, 0.5) is 10.1 Å². The van der Waals surface area contributed by atoms with E-state index < -0.39 is 5.82 Å². The minimum absolute atomic E-state index is 0.0837. The maximum Gasteiger partial charge on any atom is 0.256 e. The van der Waals surface area contributed by atoms with Crippen molar-refractivity contribution in [2.45, 2.75) is 0 Å². The van der Waals surface area contributed by atoms with Gasteiger partial charge >= 0.3 is 0 Å². The van der Waals surface area contributed by atoms with Crippen LogP contribution in [0.25, 0.3) is 0 Å². The lowest BCUT2D eigenvalue weighted by atomic mass is 10.1. The Hall–Kier alpha value is -2.19. The van der Waals surface area contributed by atoms with Crippen LogP contribution in [0.1, 0.15) is 15.9 Å². The number of nitrogens with zero attached hydrogens (tertiary/aromatic N) is 1. The van der Waals surface area contributed by atoms with Crippen LogP contribution >= 0.6 is 15.9 Å². The molecule has 19 heavy (non-hydrogen) atoms. The van der Waals surface area contributed by atoms with Gasteiger partial charge in [-0.25, -0.2) is 4.39 Å². The summed E-state index contributed by atoms with van der Waals surface area (Å²) in [4.78, 5) is 12.0. The fourth-order valence-corrected chi connectivity index (χ4v) is 2.02. The van der Waals surface area contributed by atoms with E-state index >= 15 is 0 Å². The summed E-state index contributed by atoms with van der Waals surface area (Å²) >= 11 is 3.27. The number of hydrogen-bond donors (Lipinski definition) is 1. The maximum atomic E-state index is 13.0. The van der Waals surface area contributed by atoms with E-state index in [2.05, 4.69) is 21.2 Å². The molecular weight excluding hydrogens is 311 g/mol. The van der Waals surface area contributed by atoms with Gasteiger partial charge in [0.05, 0.1) is 16.8 Å². The Bertz CT molecular complexity index is 679. The molecule has 0 aliphatic heterocycles. The number of halogens is 2. The van der Waals surface area contributed by atoms with Crippen molar-refractivity contribution >= 4 is 27.5 Å². The Balaban J connectivity index is 2.30. The van der Waals surface area contributed by atoms with Gasteiger partial charge in [-0.3, -0.25) is 4.79 Å². The van der Waals surface area contributed by atoms with Gasteiger partial charge in [-0.15, -0.1) is 0 Å². The topological polar surface area (TPSA) is 52.9 Å². The van der Waals surface area contributed by atoms with Crippen LogP contribution in [0.5, 0.6) is 0 Å². The van der Waals surface area contributed by atoms with Gasteiger partial charge in [0.2, 0.25) is 0 Å². The predicted molar refractivity (Wildman–Crippen MR) is 73.2 cm³/mol. The van der Waals surface area contributed by atoms with Crippen molar-refractivity contribution in [3.05, 3.63) is 63.9 Å². The molecule has 2 aromatic rings. The molecule has 3 nitrogen and oxygen atoms in total. The van der Waals surface area contributed by atoms with Crippen molar-refractivity contribution in [2.75, 3.05) is 5.32 Å². The molecule has 1 amide bonds. The molecule has 0 saturated carbocycles. The van der Waals surface area contributed by atoms with Crippen molar-refractivity contribution in [2.24, 2.45) is 0 Å². The summed E-state index contributed by atoms with van der Waals surface area (Å²) in [6.45, 7) is 0. The fraction of sp³-hybridized carbons (Fsp3) is 0. The lowest BCUT2D eigenvalue weighted by molar-refractivity contribution is 0.102. The van der Waals surface area contributed by atoms with E-state index in [1.807, 2.05) is 6.07 Å². The monoisotopic (exact) mass is 318 g/mol. The number of carbonyl (C=O) groups is 1. The van der Waals surface area contributed by atoms with E-state index in [1.54, 1.807) is 24.3 Å². The zero-order valence-corrected chi connectivity index (χ0v) is 11.2. The van der Waals surface area contributed by atoms with Crippen LogP contribution < -0.4 is 5.32 Å². The second kappa shape index (κ2) is 5.63. The van der Waals surface area contributed by atoms with Gasteiger partial charge in [-0.1, -0.05) is 12.1 Å². The summed E-state index contributed by atoms with van der Waals surface area (Å²) in [7, 11) is 0. The molecule has 0 unspecified atom stereocenters.